The van der Waals surface area contributed by atoms with E-state index in [4.69, 9.17) is 30.4 Å². The van der Waals surface area contributed by atoms with Gasteiger partial charge in [-0.3, -0.25) is 0 Å². The second kappa shape index (κ2) is 8.19. The summed E-state index contributed by atoms with van der Waals surface area (Å²) in [5, 5.41) is 0. The lowest BCUT2D eigenvalue weighted by molar-refractivity contribution is 0.0787. The van der Waals surface area contributed by atoms with Crippen LogP contribution in [0.3, 0.4) is 0 Å². The molecular formula is C18H26N2O4. The Labute approximate surface area is 143 Å². The SMILES string of the molecule is COC1=C(c2cc(CN)cc(OC)c2OC)C=C(CN)CC1OC. The predicted octanol–water partition coefficient (Wildman–Crippen LogP) is 1.82. The van der Waals surface area contributed by atoms with Gasteiger partial charge in [0.1, 0.15) is 11.9 Å². The number of rotatable bonds is 7. The van der Waals surface area contributed by atoms with E-state index < -0.39 is 0 Å². The maximum atomic E-state index is 5.87. The van der Waals surface area contributed by atoms with Gasteiger partial charge >= 0.3 is 0 Å². The molecule has 2 rings (SSSR count). The lowest BCUT2D eigenvalue weighted by atomic mass is 9.89. The van der Waals surface area contributed by atoms with Crippen molar-refractivity contribution in [1.82, 2.24) is 0 Å². The van der Waals surface area contributed by atoms with Gasteiger partial charge < -0.3 is 30.4 Å². The third-order valence-corrected chi connectivity index (χ3v) is 4.19. The van der Waals surface area contributed by atoms with E-state index >= 15 is 0 Å². The van der Waals surface area contributed by atoms with Crippen LogP contribution in [0.2, 0.25) is 0 Å². The van der Waals surface area contributed by atoms with Gasteiger partial charge in [0.15, 0.2) is 11.5 Å². The molecule has 0 saturated carbocycles. The largest absolute Gasteiger partial charge is 0.498 e. The topological polar surface area (TPSA) is 89.0 Å². The second-order valence-corrected chi connectivity index (χ2v) is 5.50. The number of benzene rings is 1. The van der Waals surface area contributed by atoms with E-state index in [-0.39, 0.29) is 6.10 Å². The van der Waals surface area contributed by atoms with E-state index in [1.54, 1.807) is 28.4 Å². The molecule has 0 bridgehead atoms. The number of allylic oxidation sites excluding steroid dienone is 2. The molecule has 0 heterocycles. The highest BCUT2D eigenvalue weighted by molar-refractivity contribution is 5.83. The smallest absolute Gasteiger partial charge is 0.168 e. The Hall–Kier alpha value is -2.02. The van der Waals surface area contributed by atoms with Crippen LogP contribution in [-0.4, -0.2) is 41.1 Å². The Bertz CT molecular complexity index is 653. The van der Waals surface area contributed by atoms with Gasteiger partial charge in [-0.2, -0.15) is 0 Å². The Balaban J connectivity index is 2.74. The molecule has 1 aliphatic rings. The minimum absolute atomic E-state index is 0.189. The normalized spacial score (nSPS) is 17.6. The molecule has 6 nitrogen and oxygen atoms in total. The molecule has 0 spiro atoms. The highest BCUT2D eigenvalue weighted by Gasteiger charge is 2.28. The van der Waals surface area contributed by atoms with Crippen LogP contribution in [0.25, 0.3) is 5.57 Å². The Kier molecular flexibility index (Phi) is 6.25. The van der Waals surface area contributed by atoms with Gasteiger partial charge in [-0.05, 0) is 17.7 Å². The highest BCUT2D eigenvalue weighted by atomic mass is 16.5. The van der Waals surface area contributed by atoms with Crippen molar-refractivity contribution >= 4 is 5.57 Å². The molecule has 0 aliphatic heterocycles. The fourth-order valence-electron chi connectivity index (χ4n) is 2.96. The summed E-state index contributed by atoms with van der Waals surface area (Å²) in [7, 11) is 6.52. The first-order chi connectivity index (χ1) is 11.6. The van der Waals surface area contributed by atoms with E-state index in [0.29, 0.717) is 31.0 Å². The van der Waals surface area contributed by atoms with Gasteiger partial charge in [-0.15, -0.1) is 0 Å². The van der Waals surface area contributed by atoms with Crippen molar-refractivity contribution in [3.05, 3.63) is 40.7 Å². The molecule has 0 amide bonds. The van der Waals surface area contributed by atoms with Gasteiger partial charge in [0.05, 0.1) is 21.3 Å². The van der Waals surface area contributed by atoms with E-state index in [1.165, 1.54) is 0 Å². The number of methoxy groups -OCH3 is 4. The average molecular weight is 334 g/mol. The van der Waals surface area contributed by atoms with Crippen molar-refractivity contribution in [3.63, 3.8) is 0 Å². The molecule has 1 aliphatic carbocycles. The third kappa shape index (κ3) is 3.40. The van der Waals surface area contributed by atoms with Crippen molar-refractivity contribution < 1.29 is 18.9 Å². The Morgan fingerprint density at radius 3 is 2.25 bits per heavy atom. The molecule has 0 saturated heterocycles. The molecule has 0 radical (unpaired) electrons. The first-order valence-electron chi connectivity index (χ1n) is 7.79. The Morgan fingerprint density at radius 2 is 1.75 bits per heavy atom. The van der Waals surface area contributed by atoms with Gasteiger partial charge in [0.25, 0.3) is 0 Å². The van der Waals surface area contributed by atoms with Crippen LogP contribution in [-0.2, 0) is 16.0 Å². The monoisotopic (exact) mass is 334 g/mol. The van der Waals surface area contributed by atoms with Crippen LogP contribution in [0.1, 0.15) is 17.5 Å². The minimum atomic E-state index is -0.189. The van der Waals surface area contributed by atoms with Crippen LogP contribution < -0.4 is 20.9 Å². The van der Waals surface area contributed by atoms with Crippen molar-refractivity contribution in [2.45, 2.75) is 19.1 Å². The van der Waals surface area contributed by atoms with Crippen LogP contribution in [0.4, 0.5) is 0 Å². The molecule has 1 aromatic rings. The van der Waals surface area contributed by atoms with Crippen molar-refractivity contribution in [1.29, 1.82) is 0 Å². The molecule has 1 aromatic carbocycles. The van der Waals surface area contributed by atoms with Crippen molar-refractivity contribution in [3.8, 4) is 11.5 Å². The summed E-state index contributed by atoms with van der Waals surface area (Å²) in [6, 6.07) is 3.86. The first-order valence-corrected chi connectivity index (χ1v) is 7.79. The van der Waals surface area contributed by atoms with Crippen LogP contribution in [0, 0.1) is 0 Å². The molecular weight excluding hydrogens is 308 g/mol. The molecule has 6 heteroatoms. The fraction of sp³-hybridized carbons (Fsp3) is 0.444. The average Bonchev–Trinajstić information content (AvgIpc) is 2.65. The summed E-state index contributed by atoms with van der Waals surface area (Å²) in [5.74, 6) is 1.99. The number of ether oxygens (including phenoxy) is 4. The lowest BCUT2D eigenvalue weighted by Gasteiger charge is -2.27. The summed E-state index contributed by atoms with van der Waals surface area (Å²) < 4.78 is 22.3. The maximum Gasteiger partial charge on any atom is 0.168 e. The summed E-state index contributed by atoms with van der Waals surface area (Å²) in [5.41, 5.74) is 15.4. The van der Waals surface area contributed by atoms with E-state index in [1.807, 2.05) is 18.2 Å². The van der Waals surface area contributed by atoms with E-state index in [9.17, 15) is 0 Å². The standard InChI is InChI=1S/C18H26N2O4/c1-21-15-7-11(9-19)5-13(17(15)23-3)14-6-12(10-20)8-16(22-2)18(14)24-4/h5-7,16H,8-10,19-20H2,1-4H3. The van der Waals surface area contributed by atoms with Crippen LogP contribution >= 0.6 is 0 Å². The quantitative estimate of drug-likeness (QED) is 0.791. The van der Waals surface area contributed by atoms with E-state index in [0.717, 1.165) is 28.0 Å². The zero-order valence-corrected chi connectivity index (χ0v) is 14.7. The number of hydrogen-bond donors (Lipinski definition) is 2. The van der Waals surface area contributed by atoms with Crippen LogP contribution in [0.5, 0.6) is 11.5 Å². The van der Waals surface area contributed by atoms with Crippen molar-refractivity contribution in [2.24, 2.45) is 11.5 Å². The molecule has 132 valence electrons. The summed E-state index contributed by atoms with van der Waals surface area (Å²) >= 11 is 0. The van der Waals surface area contributed by atoms with Gasteiger partial charge in [-0.25, -0.2) is 0 Å². The molecule has 4 N–H and O–H groups in total. The molecule has 1 unspecified atom stereocenters. The van der Waals surface area contributed by atoms with Gasteiger partial charge in [-0.1, -0.05) is 11.6 Å². The predicted molar refractivity (Wildman–Crippen MR) is 93.9 cm³/mol. The lowest BCUT2D eigenvalue weighted by Crippen LogP contribution is -2.23. The second-order valence-electron chi connectivity index (χ2n) is 5.50. The Morgan fingerprint density at radius 1 is 1.00 bits per heavy atom. The van der Waals surface area contributed by atoms with Gasteiger partial charge in [0.2, 0.25) is 0 Å². The zero-order chi connectivity index (χ0) is 17.7. The molecule has 0 fully saturated rings. The fourth-order valence-corrected chi connectivity index (χ4v) is 2.96. The maximum absolute atomic E-state index is 5.87. The number of nitrogens with two attached hydrogens (primary N) is 2. The highest BCUT2D eigenvalue weighted by Crippen LogP contribution is 2.41. The van der Waals surface area contributed by atoms with Gasteiger partial charge in [0, 0.05) is 37.8 Å². The van der Waals surface area contributed by atoms with Crippen LogP contribution in [0.15, 0.2) is 29.5 Å². The molecule has 1 atom stereocenters. The third-order valence-electron chi connectivity index (χ3n) is 4.19. The number of hydrogen-bond acceptors (Lipinski definition) is 6. The van der Waals surface area contributed by atoms with E-state index in [2.05, 4.69) is 0 Å². The molecule has 24 heavy (non-hydrogen) atoms. The minimum Gasteiger partial charge on any atom is -0.498 e. The zero-order valence-electron chi connectivity index (χ0n) is 14.7. The summed E-state index contributed by atoms with van der Waals surface area (Å²) in [6.45, 7) is 0.848. The summed E-state index contributed by atoms with van der Waals surface area (Å²) in [4.78, 5) is 0. The molecule has 0 aromatic heterocycles. The summed E-state index contributed by atoms with van der Waals surface area (Å²) in [6.07, 6.45) is 2.55. The first kappa shape index (κ1) is 18.3. The van der Waals surface area contributed by atoms with Crippen molar-refractivity contribution in [2.75, 3.05) is 35.0 Å².